The Balaban J connectivity index is 1.04. The second-order valence-corrected chi connectivity index (χ2v) is 10.1. The maximum absolute atomic E-state index is 12.7. The third kappa shape index (κ3) is 6.70. The minimum absolute atomic E-state index is 0.0161. The molecule has 0 N–H and O–H groups in total. The fourth-order valence-electron chi connectivity index (χ4n) is 5.54. The molecule has 36 heavy (non-hydrogen) atoms. The lowest BCUT2D eigenvalue weighted by atomic mass is 9.94. The molecule has 0 bridgehead atoms. The molecule has 2 aliphatic heterocycles. The summed E-state index contributed by atoms with van der Waals surface area (Å²) < 4.78 is 11.7. The zero-order valence-electron chi connectivity index (χ0n) is 21.1. The highest BCUT2D eigenvalue weighted by Gasteiger charge is 2.26. The Kier molecular flexibility index (Phi) is 8.61. The van der Waals surface area contributed by atoms with E-state index < -0.39 is 0 Å². The van der Waals surface area contributed by atoms with E-state index in [-0.39, 0.29) is 18.6 Å². The standard InChI is InChI=1S/C27H38N6O3/c34-27(33-14-6-10-24(19-33)35-20-22-7-4-5-13-28-22)21-36-26-12-11-25(29-30-26)32-17-15-31(16-18-32)23-8-2-1-3-9-23/h4-5,7,11-13,23-24H,1-3,6,8-10,14-21H2/t24-/m1/s1. The number of nitrogens with zero attached hydrogens (tertiary/aromatic N) is 6. The normalized spacial score (nSPS) is 21.9. The van der Waals surface area contributed by atoms with Gasteiger partial charge in [-0.3, -0.25) is 14.7 Å². The molecule has 9 nitrogen and oxygen atoms in total. The number of piperidine rings is 1. The zero-order valence-corrected chi connectivity index (χ0v) is 21.1. The fraction of sp³-hybridized carbons (Fsp3) is 0.630. The molecule has 5 rings (SSSR count). The highest BCUT2D eigenvalue weighted by molar-refractivity contribution is 5.77. The molecular formula is C27H38N6O3. The number of hydrogen-bond acceptors (Lipinski definition) is 8. The van der Waals surface area contributed by atoms with Gasteiger partial charge in [-0.25, -0.2) is 0 Å². The van der Waals surface area contributed by atoms with Gasteiger partial charge in [-0.05, 0) is 43.9 Å². The predicted molar refractivity (Wildman–Crippen MR) is 137 cm³/mol. The minimum Gasteiger partial charge on any atom is -0.466 e. The van der Waals surface area contributed by atoms with Gasteiger partial charge >= 0.3 is 0 Å². The molecule has 0 radical (unpaired) electrons. The number of carbonyl (C=O) groups is 1. The molecule has 1 atom stereocenters. The second kappa shape index (κ2) is 12.5. The molecule has 1 aliphatic carbocycles. The van der Waals surface area contributed by atoms with Crippen LogP contribution in [0.4, 0.5) is 5.82 Å². The number of anilines is 1. The molecule has 9 heteroatoms. The van der Waals surface area contributed by atoms with Crippen molar-refractivity contribution in [2.45, 2.75) is 63.7 Å². The van der Waals surface area contributed by atoms with Crippen LogP contribution in [-0.4, -0.2) is 88.9 Å². The van der Waals surface area contributed by atoms with Gasteiger partial charge in [0.15, 0.2) is 12.4 Å². The summed E-state index contributed by atoms with van der Waals surface area (Å²) in [5, 5.41) is 8.61. The summed E-state index contributed by atoms with van der Waals surface area (Å²) in [6.07, 6.45) is 10.5. The Morgan fingerprint density at radius 2 is 1.78 bits per heavy atom. The second-order valence-electron chi connectivity index (χ2n) is 10.1. The molecule has 194 valence electrons. The molecule has 0 spiro atoms. The van der Waals surface area contributed by atoms with Crippen molar-refractivity contribution >= 4 is 11.7 Å². The van der Waals surface area contributed by atoms with E-state index >= 15 is 0 Å². The summed E-state index contributed by atoms with van der Waals surface area (Å²) in [7, 11) is 0. The first kappa shape index (κ1) is 24.9. The van der Waals surface area contributed by atoms with E-state index in [0.29, 0.717) is 19.0 Å². The third-order valence-corrected chi connectivity index (χ3v) is 7.62. The van der Waals surface area contributed by atoms with Crippen LogP contribution in [0.2, 0.25) is 0 Å². The van der Waals surface area contributed by atoms with E-state index in [2.05, 4.69) is 25.0 Å². The minimum atomic E-state index is -0.0501. The van der Waals surface area contributed by atoms with Crippen molar-refractivity contribution in [2.24, 2.45) is 0 Å². The Morgan fingerprint density at radius 1 is 0.917 bits per heavy atom. The highest BCUT2D eigenvalue weighted by Crippen LogP contribution is 2.24. The van der Waals surface area contributed by atoms with Crippen molar-refractivity contribution in [1.29, 1.82) is 0 Å². The molecule has 2 aromatic heterocycles. The van der Waals surface area contributed by atoms with Crippen LogP contribution in [0.25, 0.3) is 0 Å². The van der Waals surface area contributed by atoms with Gasteiger partial charge in [0.2, 0.25) is 5.88 Å². The lowest BCUT2D eigenvalue weighted by molar-refractivity contribution is -0.137. The van der Waals surface area contributed by atoms with Crippen molar-refractivity contribution in [3.8, 4) is 5.88 Å². The molecular weight excluding hydrogens is 456 g/mol. The van der Waals surface area contributed by atoms with Gasteiger partial charge in [-0.2, -0.15) is 0 Å². The van der Waals surface area contributed by atoms with Crippen molar-refractivity contribution in [3.05, 3.63) is 42.2 Å². The van der Waals surface area contributed by atoms with Crippen LogP contribution in [0.5, 0.6) is 5.88 Å². The number of pyridine rings is 1. The maximum atomic E-state index is 12.7. The van der Waals surface area contributed by atoms with Gasteiger partial charge in [0.1, 0.15) is 0 Å². The quantitative estimate of drug-likeness (QED) is 0.554. The van der Waals surface area contributed by atoms with Crippen LogP contribution >= 0.6 is 0 Å². The van der Waals surface area contributed by atoms with Crippen molar-refractivity contribution < 1.29 is 14.3 Å². The van der Waals surface area contributed by atoms with E-state index in [0.717, 1.165) is 63.1 Å². The van der Waals surface area contributed by atoms with E-state index in [1.807, 2.05) is 35.2 Å². The van der Waals surface area contributed by atoms with Gasteiger partial charge < -0.3 is 19.3 Å². The highest BCUT2D eigenvalue weighted by atomic mass is 16.5. The SMILES string of the molecule is O=C(COc1ccc(N2CCN(C3CCCCC3)CC2)nn1)N1CCC[C@@H](OCc2ccccn2)C1. The van der Waals surface area contributed by atoms with E-state index in [1.54, 1.807) is 6.20 Å². The first-order chi connectivity index (χ1) is 17.7. The molecule has 3 aliphatic rings. The number of hydrogen-bond donors (Lipinski definition) is 0. The maximum Gasteiger partial charge on any atom is 0.260 e. The van der Waals surface area contributed by atoms with Crippen LogP contribution in [0.15, 0.2) is 36.5 Å². The molecule has 2 saturated heterocycles. The van der Waals surface area contributed by atoms with Gasteiger partial charge in [0.25, 0.3) is 5.91 Å². The Hall–Kier alpha value is -2.78. The lowest BCUT2D eigenvalue weighted by Crippen LogP contribution is -2.51. The summed E-state index contributed by atoms with van der Waals surface area (Å²) in [6, 6.07) is 10.3. The molecule has 0 aromatic carbocycles. The van der Waals surface area contributed by atoms with Crippen molar-refractivity contribution in [2.75, 3.05) is 50.8 Å². The fourth-order valence-corrected chi connectivity index (χ4v) is 5.54. The van der Waals surface area contributed by atoms with Gasteiger partial charge in [0, 0.05) is 57.6 Å². The van der Waals surface area contributed by atoms with Gasteiger partial charge in [-0.1, -0.05) is 25.3 Å². The molecule has 4 heterocycles. The summed E-state index contributed by atoms with van der Waals surface area (Å²) in [5.41, 5.74) is 0.900. The number of amides is 1. The summed E-state index contributed by atoms with van der Waals surface area (Å²) >= 11 is 0. The number of ether oxygens (including phenoxy) is 2. The monoisotopic (exact) mass is 494 g/mol. The van der Waals surface area contributed by atoms with Crippen molar-refractivity contribution in [3.63, 3.8) is 0 Å². The first-order valence-corrected chi connectivity index (χ1v) is 13.5. The predicted octanol–water partition coefficient (Wildman–Crippen LogP) is 2.91. The van der Waals surface area contributed by atoms with Gasteiger partial charge in [-0.15, -0.1) is 10.2 Å². The first-order valence-electron chi connectivity index (χ1n) is 13.5. The van der Waals surface area contributed by atoms with Crippen molar-refractivity contribution in [1.82, 2.24) is 25.0 Å². The van der Waals surface area contributed by atoms with Crippen LogP contribution < -0.4 is 9.64 Å². The van der Waals surface area contributed by atoms with Crippen LogP contribution in [0.1, 0.15) is 50.6 Å². The lowest BCUT2D eigenvalue weighted by Gasteiger charge is -2.41. The Labute approximate surface area is 213 Å². The molecule has 0 unspecified atom stereocenters. The smallest absolute Gasteiger partial charge is 0.260 e. The molecule has 1 saturated carbocycles. The van der Waals surface area contributed by atoms with E-state index in [1.165, 1.54) is 32.1 Å². The number of piperazine rings is 1. The molecule has 2 aromatic rings. The Bertz CT molecular complexity index is 946. The van der Waals surface area contributed by atoms with Crippen LogP contribution in [0.3, 0.4) is 0 Å². The number of rotatable bonds is 8. The number of carbonyl (C=O) groups excluding carboxylic acids is 1. The van der Waals surface area contributed by atoms with Gasteiger partial charge in [0.05, 0.1) is 18.4 Å². The number of aromatic nitrogens is 3. The van der Waals surface area contributed by atoms with Crippen LogP contribution in [0, 0.1) is 0 Å². The van der Waals surface area contributed by atoms with E-state index in [4.69, 9.17) is 9.47 Å². The average molecular weight is 495 g/mol. The summed E-state index contributed by atoms with van der Waals surface area (Å²) in [4.78, 5) is 23.8. The average Bonchev–Trinajstić information content (AvgIpc) is 2.96. The van der Waals surface area contributed by atoms with Crippen LogP contribution in [-0.2, 0) is 16.1 Å². The molecule has 3 fully saturated rings. The topological polar surface area (TPSA) is 83.9 Å². The third-order valence-electron chi connectivity index (χ3n) is 7.62. The summed E-state index contributed by atoms with van der Waals surface area (Å²) in [5.74, 6) is 1.21. The van der Waals surface area contributed by atoms with E-state index in [9.17, 15) is 4.79 Å². The number of likely N-dealkylation sites (tertiary alicyclic amines) is 1. The Morgan fingerprint density at radius 3 is 2.53 bits per heavy atom. The molecule has 1 amide bonds. The zero-order chi connectivity index (χ0) is 24.6. The largest absolute Gasteiger partial charge is 0.466 e. The summed E-state index contributed by atoms with van der Waals surface area (Å²) in [6.45, 7) is 5.84.